The molecule has 2 N–H and O–H groups in total. The second-order valence-corrected chi connectivity index (χ2v) is 7.37. The lowest BCUT2D eigenvalue weighted by Gasteiger charge is -2.18. The zero-order chi connectivity index (χ0) is 23.4. The molecule has 0 aliphatic rings. The van der Waals surface area contributed by atoms with Gasteiger partial charge in [0.15, 0.2) is 0 Å². The molecule has 1 aromatic heterocycles. The van der Waals surface area contributed by atoms with Crippen LogP contribution >= 0.6 is 11.6 Å². The van der Waals surface area contributed by atoms with Crippen molar-refractivity contribution in [1.29, 1.82) is 0 Å². The van der Waals surface area contributed by atoms with Crippen molar-refractivity contribution >= 4 is 23.3 Å². The molecule has 0 saturated carbocycles. The van der Waals surface area contributed by atoms with E-state index in [1.807, 2.05) is 6.07 Å². The van der Waals surface area contributed by atoms with Crippen LogP contribution in [-0.2, 0) is 6.18 Å². The van der Waals surface area contributed by atoms with Crippen LogP contribution in [0.5, 0.6) is 0 Å². The molecular weight excluding hydrogens is 457 g/mol. The number of carbonyl (C=O) groups excluding carboxylic acids is 1. The molecule has 10 heteroatoms. The number of hydrogen-bond acceptors (Lipinski definition) is 4. The van der Waals surface area contributed by atoms with Gasteiger partial charge in [0.05, 0.1) is 11.3 Å². The Morgan fingerprint density at radius 1 is 0.909 bits per heavy atom. The molecule has 0 bridgehead atoms. The van der Waals surface area contributed by atoms with Crippen LogP contribution in [0.4, 0.5) is 23.7 Å². The number of nitrogens with one attached hydrogen (secondary N) is 2. The van der Waals surface area contributed by atoms with E-state index in [9.17, 15) is 18.0 Å². The van der Waals surface area contributed by atoms with E-state index in [4.69, 9.17) is 16.0 Å². The number of halogens is 4. The topological polar surface area (TPSA) is 80.0 Å². The Labute approximate surface area is 191 Å². The van der Waals surface area contributed by atoms with Crippen LogP contribution in [0.3, 0.4) is 0 Å². The van der Waals surface area contributed by atoms with Crippen molar-refractivity contribution in [2.75, 3.05) is 5.32 Å². The fourth-order valence-corrected chi connectivity index (χ4v) is 3.25. The van der Waals surface area contributed by atoms with E-state index in [0.29, 0.717) is 16.1 Å². The smallest absolute Gasteiger partial charge is 0.418 e. The molecule has 0 radical (unpaired) electrons. The number of nitrogens with zero attached hydrogens (tertiary/aromatic N) is 2. The number of amides is 2. The number of alkyl halides is 3. The quantitative estimate of drug-likeness (QED) is 0.356. The summed E-state index contributed by atoms with van der Waals surface area (Å²) >= 11 is 5.96. The number of aromatic nitrogens is 2. The van der Waals surface area contributed by atoms with Gasteiger partial charge in [-0.25, -0.2) is 4.79 Å². The molecule has 1 heterocycles. The van der Waals surface area contributed by atoms with Gasteiger partial charge in [-0.15, -0.1) is 10.2 Å². The summed E-state index contributed by atoms with van der Waals surface area (Å²) in [6.07, 6.45) is -4.63. The first-order valence-corrected chi connectivity index (χ1v) is 10.1. The number of benzene rings is 3. The molecule has 0 saturated heterocycles. The minimum absolute atomic E-state index is 0.0513. The number of anilines is 1. The lowest BCUT2D eigenvalue weighted by molar-refractivity contribution is -0.136. The molecule has 168 valence electrons. The summed E-state index contributed by atoms with van der Waals surface area (Å²) in [5.41, 5.74) is -0.128. The SMILES string of the molecule is O=C(Nc1ccccc1C(F)(F)F)N[C@H](c1ccc(Cl)cc1)c1nnc(-c2ccccc2)o1. The summed E-state index contributed by atoms with van der Waals surface area (Å²) < 4.78 is 45.6. The van der Waals surface area contributed by atoms with Crippen molar-refractivity contribution in [3.63, 3.8) is 0 Å². The van der Waals surface area contributed by atoms with Crippen LogP contribution in [0, 0.1) is 0 Å². The van der Waals surface area contributed by atoms with Gasteiger partial charge < -0.3 is 15.1 Å². The van der Waals surface area contributed by atoms with E-state index in [1.165, 1.54) is 18.2 Å². The van der Waals surface area contributed by atoms with Crippen LogP contribution in [0.25, 0.3) is 11.5 Å². The van der Waals surface area contributed by atoms with Gasteiger partial charge in [-0.1, -0.05) is 54.1 Å². The highest BCUT2D eigenvalue weighted by Crippen LogP contribution is 2.34. The third-order valence-electron chi connectivity index (χ3n) is 4.67. The number of para-hydroxylation sites is 1. The van der Waals surface area contributed by atoms with Crippen molar-refractivity contribution in [3.8, 4) is 11.5 Å². The average molecular weight is 473 g/mol. The maximum atomic E-state index is 13.3. The number of urea groups is 1. The molecular formula is C23H16ClF3N4O2. The molecule has 3 aromatic carbocycles. The Kier molecular flexibility index (Phi) is 6.32. The number of hydrogen-bond donors (Lipinski definition) is 2. The summed E-state index contributed by atoms with van der Waals surface area (Å²) in [6, 6.07) is 18.4. The Morgan fingerprint density at radius 2 is 1.58 bits per heavy atom. The van der Waals surface area contributed by atoms with Crippen molar-refractivity contribution < 1.29 is 22.4 Å². The fraction of sp³-hybridized carbons (Fsp3) is 0.0870. The van der Waals surface area contributed by atoms with Gasteiger partial charge in [0.25, 0.3) is 0 Å². The maximum absolute atomic E-state index is 13.3. The lowest BCUT2D eigenvalue weighted by Crippen LogP contribution is -2.34. The van der Waals surface area contributed by atoms with Crippen LogP contribution in [-0.4, -0.2) is 16.2 Å². The van der Waals surface area contributed by atoms with Crippen LogP contribution in [0.15, 0.2) is 83.3 Å². The van der Waals surface area contributed by atoms with Gasteiger partial charge >= 0.3 is 12.2 Å². The third kappa shape index (κ3) is 5.32. The second kappa shape index (κ2) is 9.33. The Bertz CT molecular complexity index is 1240. The summed E-state index contributed by atoms with van der Waals surface area (Å²) in [7, 11) is 0. The van der Waals surface area contributed by atoms with Crippen molar-refractivity contribution in [1.82, 2.24) is 15.5 Å². The molecule has 33 heavy (non-hydrogen) atoms. The number of rotatable bonds is 5. The molecule has 0 aliphatic heterocycles. The number of carbonyl (C=O) groups is 1. The molecule has 0 spiro atoms. The Balaban J connectivity index is 1.62. The molecule has 1 atom stereocenters. The highest BCUT2D eigenvalue weighted by molar-refractivity contribution is 6.30. The normalized spacial score (nSPS) is 12.2. The largest absolute Gasteiger partial charge is 0.418 e. The summed E-state index contributed by atoms with van der Waals surface area (Å²) in [5, 5.41) is 13.4. The predicted molar refractivity (Wildman–Crippen MR) is 117 cm³/mol. The first-order chi connectivity index (χ1) is 15.8. The molecule has 6 nitrogen and oxygen atoms in total. The molecule has 0 unspecified atom stereocenters. The van der Waals surface area contributed by atoms with Gasteiger partial charge in [0.1, 0.15) is 6.04 Å². The monoisotopic (exact) mass is 472 g/mol. The summed E-state index contributed by atoms with van der Waals surface area (Å²) in [5.74, 6) is 0.282. The van der Waals surface area contributed by atoms with E-state index in [-0.39, 0.29) is 17.5 Å². The second-order valence-electron chi connectivity index (χ2n) is 6.94. The van der Waals surface area contributed by atoms with Gasteiger partial charge in [0, 0.05) is 10.6 Å². The molecule has 0 fully saturated rings. The van der Waals surface area contributed by atoms with E-state index in [1.54, 1.807) is 48.5 Å². The van der Waals surface area contributed by atoms with E-state index < -0.39 is 23.8 Å². The maximum Gasteiger partial charge on any atom is 0.418 e. The van der Waals surface area contributed by atoms with Crippen LogP contribution < -0.4 is 10.6 Å². The molecule has 0 aliphatic carbocycles. The van der Waals surface area contributed by atoms with Gasteiger partial charge in [0.2, 0.25) is 11.8 Å². The first kappa shape index (κ1) is 22.3. The van der Waals surface area contributed by atoms with E-state index in [0.717, 1.165) is 6.07 Å². The van der Waals surface area contributed by atoms with Gasteiger partial charge in [-0.05, 0) is 42.0 Å². The fourth-order valence-electron chi connectivity index (χ4n) is 3.12. The highest BCUT2D eigenvalue weighted by atomic mass is 35.5. The first-order valence-electron chi connectivity index (χ1n) is 9.69. The average Bonchev–Trinajstić information content (AvgIpc) is 3.28. The van der Waals surface area contributed by atoms with Crippen molar-refractivity contribution in [3.05, 3.63) is 101 Å². The standard InChI is InChI=1S/C23H16ClF3N4O2/c24-16-12-10-14(11-13-16)19(21-31-30-20(33-21)15-6-2-1-3-7-15)29-22(32)28-18-9-5-4-8-17(18)23(25,26)27/h1-13,19H,(H2,28,29,32)/t19-/m1/s1. The van der Waals surface area contributed by atoms with Crippen molar-refractivity contribution in [2.24, 2.45) is 0 Å². The predicted octanol–water partition coefficient (Wildman–Crippen LogP) is 6.32. The summed E-state index contributed by atoms with van der Waals surface area (Å²) in [6.45, 7) is 0. The molecule has 4 rings (SSSR count). The molecule has 4 aromatic rings. The zero-order valence-electron chi connectivity index (χ0n) is 16.8. The van der Waals surface area contributed by atoms with Crippen molar-refractivity contribution in [2.45, 2.75) is 12.2 Å². The van der Waals surface area contributed by atoms with Gasteiger partial charge in [-0.2, -0.15) is 13.2 Å². The molecule has 2 amide bonds. The lowest BCUT2D eigenvalue weighted by atomic mass is 10.1. The Morgan fingerprint density at radius 3 is 2.27 bits per heavy atom. The Hall–Kier alpha value is -3.85. The summed E-state index contributed by atoms with van der Waals surface area (Å²) in [4.78, 5) is 12.7. The highest BCUT2D eigenvalue weighted by Gasteiger charge is 2.34. The third-order valence-corrected chi connectivity index (χ3v) is 4.92. The van der Waals surface area contributed by atoms with Gasteiger partial charge in [-0.3, -0.25) is 0 Å². The van der Waals surface area contributed by atoms with Crippen LogP contribution in [0.1, 0.15) is 23.1 Å². The minimum Gasteiger partial charge on any atom is -0.418 e. The van der Waals surface area contributed by atoms with Crippen LogP contribution in [0.2, 0.25) is 5.02 Å². The zero-order valence-corrected chi connectivity index (χ0v) is 17.6. The minimum atomic E-state index is -4.63. The van der Waals surface area contributed by atoms with E-state index in [2.05, 4.69) is 20.8 Å². The van der Waals surface area contributed by atoms with E-state index >= 15 is 0 Å².